The predicted molar refractivity (Wildman–Crippen MR) is 149 cm³/mol. The normalized spacial score (nSPS) is 20.6. The van der Waals surface area contributed by atoms with Gasteiger partial charge in [0.25, 0.3) is 5.91 Å². The molecule has 0 aliphatic carbocycles. The molecule has 210 valence electrons. The molecule has 2 aromatic rings. The van der Waals surface area contributed by atoms with Gasteiger partial charge >= 0.3 is 6.03 Å². The van der Waals surface area contributed by atoms with Crippen molar-refractivity contribution in [2.45, 2.75) is 37.8 Å². The molecule has 1 atom stereocenters. The molecule has 3 fully saturated rings. The van der Waals surface area contributed by atoms with E-state index in [0.717, 1.165) is 44.5 Å². The Bertz CT molecular complexity index is 1130. The van der Waals surface area contributed by atoms with E-state index in [4.69, 9.17) is 4.74 Å². The molecule has 3 amide bonds. The van der Waals surface area contributed by atoms with Gasteiger partial charge in [0.05, 0.1) is 6.61 Å². The number of Topliss-reactive ketones (excluding diaryl/α,β-unsaturated/α-hetero) is 1. The fraction of sp³-hybridized carbons (Fsp3) is 0.552. The Balaban J connectivity index is 1.01. The molecular weight excluding hydrogens is 496 g/mol. The topological polar surface area (TPSA) is 99.2 Å². The Kier molecular flexibility index (Phi) is 8.83. The third-order valence-corrected chi connectivity index (χ3v) is 8.09. The Hall–Kier alpha value is -3.37. The van der Waals surface area contributed by atoms with Crippen LogP contribution in [-0.4, -0.2) is 103 Å². The molecule has 0 bridgehead atoms. The van der Waals surface area contributed by atoms with E-state index in [-0.39, 0.29) is 29.9 Å². The number of benzene rings is 1. The zero-order chi connectivity index (χ0) is 27.2. The number of aromatic nitrogens is 1. The number of hydrogen-bond donors (Lipinski definition) is 2. The molecule has 0 spiro atoms. The number of piperidine rings is 1. The standard InChI is InChI=1S/C29H40N6O4/c1-32-13-2-3-25(32)28(37)34-16-18-35(19-17-34)29(38)31-23-10-14-33(15-11-23)24-7-4-22(5-8-24)6-9-26(36)27-21-30-12-20-39-27/h2-5,7-8,13,23,27,30H,6,9-12,14-21H2,1H3,(H,31,38). The van der Waals surface area contributed by atoms with Gasteiger partial charge in [-0.25, -0.2) is 4.79 Å². The monoisotopic (exact) mass is 536 g/mol. The highest BCUT2D eigenvalue weighted by molar-refractivity contribution is 5.93. The van der Waals surface area contributed by atoms with Gasteiger partial charge in [-0.2, -0.15) is 0 Å². The number of ketones is 1. The summed E-state index contributed by atoms with van der Waals surface area (Å²) in [6.45, 7) is 5.97. The van der Waals surface area contributed by atoms with Crippen LogP contribution < -0.4 is 15.5 Å². The van der Waals surface area contributed by atoms with E-state index in [1.807, 2.05) is 39.7 Å². The summed E-state index contributed by atoms with van der Waals surface area (Å²) in [6, 6.07) is 12.3. The van der Waals surface area contributed by atoms with Gasteiger partial charge in [0.1, 0.15) is 11.8 Å². The predicted octanol–water partition coefficient (Wildman–Crippen LogP) is 1.65. The van der Waals surface area contributed by atoms with Gasteiger partial charge < -0.3 is 34.6 Å². The second kappa shape index (κ2) is 12.7. The summed E-state index contributed by atoms with van der Waals surface area (Å²) in [5.41, 5.74) is 3.00. The molecule has 4 heterocycles. The third-order valence-electron chi connectivity index (χ3n) is 8.09. The van der Waals surface area contributed by atoms with E-state index < -0.39 is 0 Å². The highest BCUT2D eigenvalue weighted by atomic mass is 16.5. The van der Waals surface area contributed by atoms with E-state index in [9.17, 15) is 14.4 Å². The van der Waals surface area contributed by atoms with Crippen molar-refractivity contribution in [3.8, 4) is 0 Å². The molecule has 3 saturated heterocycles. The highest BCUT2D eigenvalue weighted by Crippen LogP contribution is 2.22. The van der Waals surface area contributed by atoms with Crippen LogP contribution >= 0.6 is 0 Å². The summed E-state index contributed by atoms with van der Waals surface area (Å²) in [5.74, 6) is 0.181. The maximum Gasteiger partial charge on any atom is 0.317 e. The van der Waals surface area contributed by atoms with Gasteiger partial charge in [0.15, 0.2) is 5.78 Å². The van der Waals surface area contributed by atoms with Crippen molar-refractivity contribution in [1.82, 2.24) is 25.0 Å². The number of rotatable bonds is 7. The Labute approximate surface area is 230 Å². The van der Waals surface area contributed by atoms with Crippen molar-refractivity contribution >= 4 is 23.4 Å². The fourth-order valence-corrected chi connectivity index (χ4v) is 5.58. The molecule has 0 saturated carbocycles. The lowest BCUT2D eigenvalue weighted by molar-refractivity contribution is -0.131. The zero-order valence-electron chi connectivity index (χ0n) is 22.8. The van der Waals surface area contributed by atoms with Crippen LogP contribution in [0.5, 0.6) is 0 Å². The van der Waals surface area contributed by atoms with Crippen LogP contribution in [0.15, 0.2) is 42.6 Å². The largest absolute Gasteiger partial charge is 0.371 e. The maximum atomic E-state index is 12.9. The van der Waals surface area contributed by atoms with Crippen LogP contribution in [0.1, 0.15) is 35.3 Å². The maximum absolute atomic E-state index is 12.9. The molecule has 1 aromatic heterocycles. The number of anilines is 1. The number of piperazine rings is 1. The van der Waals surface area contributed by atoms with Gasteiger partial charge in [-0.05, 0) is 49.1 Å². The van der Waals surface area contributed by atoms with E-state index in [1.165, 1.54) is 5.69 Å². The lowest BCUT2D eigenvalue weighted by atomic mass is 10.0. The number of carbonyl (C=O) groups is 3. The molecular formula is C29H40N6O4. The number of nitrogens with one attached hydrogen (secondary N) is 2. The molecule has 0 radical (unpaired) electrons. The molecule has 10 nitrogen and oxygen atoms in total. The first kappa shape index (κ1) is 27.2. The Morgan fingerprint density at radius 2 is 1.69 bits per heavy atom. The first-order chi connectivity index (χ1) is 19.0. The van der Waals surface area contributed by atoms with E-state index >= 15 is 0 Å². The second-order valence-corrected chi connectivity index (χ2v) is 10.7. The van der Waals surface area contributed by atoms with Gasteiger partial charge in [-0.1, -0.05) is 12.1 Å². The average molecular weight is 537 g/mol. The molecule has 5 rings (SSSR count). The number of hydrogen-bond acceptors (Lipinski definition) is 6. The second-order valence-electron chi connectivity index (χ2n) is 10.7. The summed E-state index contributed by atoms with van der Waals surface area (Å²) in [7, 11) is 1.87. The summed E-state index contributed by atoms with van der Waals surface area (Å²) in [4.78, 5) is 44.0. The van der Waals surface area contributed by atoms with Crippen LogP contribution in [0.25, 0.3) is 0 Å². The third kappa shape index (κ3) is 6.80. The zero-order valence-corrected chi connectivity index (χ0v) is 22.8. The quantitative estimate of drug-likeness (QED) is 0.559. The summed E-state index contributed by atoms with van der Waals surface area (Å²) in [6.07, 6.45) is 4.56. The van der Waals surface area contributed by atoms with Crippen molar-refractivity contribution in [3.63, 3.8) is 0 Å². The first-order valence-electron chi connectivity index (χ1n) is 14.1. The number of urea groups is 1. The van der Waals surface area contributed by atoms with Crippen LogP contribution in [0.3, 0.4) is 0 Å². The van der Waals surface area contributed by atoms with Gasteiger partial charge in [0, 0.05) is 83.8 Å². The van der Waals surface area contributed by atoms with Crippen molar-refractivity contribution < 1.29 is 19.1 Å². The Morgan fingerprint density at radius 1 is 0.974 bits per heavy atom. The Morgan fingerprint density at radius 3 is 2.33 bits per heavy atom. The van der Waals surface area contributed by atoms with Crippen molar-refractivity contribution in [2.24, 2.45) is 7.05 Å². The first-order valence-corrected chi connectivity index (χ1v) is 14.1. The summed E-state index contributed by atoms with van der Waals surface area (Å²) >= 11 is 0. The number of morpholine rings is 1. The van der Waals surface area contributed by atoms with E-state index in [1.54, 1.807) is 0 Å². The minimum absolute atomic E-state index is 0.0167. The van der Waals surface area contributed by atoms with Gasteiger partial charge in [-0.3, -0.25) is 9.59 Å². The fourth-order valence-electron chi connectivity index (χ4n) is 5.58. The van der Waals surface area contributed by atoms with Crippen molar-refractivity contribution in [2.75, 3.05) is 63.9 Å². The highest BCUT2D eigenvalue weighted by Gasteiger charge is 2.28. The number of aryl methyl sites for hydroxylation is 2. The molecule has 3 aliphatic heterocycles. The van der Waals surface area contributed by atoms with Crippen LogP contribution in [0.4, 0.5) is 10.5 Å². The molecule has 1 aromatic carbocycles. The summed E-state index contributed by atoms with van der Waals surface area (Å²) in [5, 5.41) is 6.42. The number of nitrogens with zero attached hydrogens (tertiary/aromatic N) is 4. The molecule has 2 N–H and O–H groups in total. The molecule has 3 aliphatic rings. The van der Waals surface area contributed by atoms with E-state index in [0.29, 0.717) is 51.4 Å². The number of amides is 3. The minimum atomic E-state index is -0.312. The number of ether oxygens (including phenoxy) is 1. The van der Waals surface area contributed by atoms with Crippen LogP contribution in [0.2, 0.25) is 0 Å². The number of carbonyl (C=O) groups excluding carboxylic acids is 3. The lowest BCUT2D eigenvalue weighted by Gasteiger charge is -2.37. The smallest absolute Gasteiger partial charge is 0.317 e. The summed E-state index contributed by atoms with van der Waals surface area (Å²) < 4.78 is 7.39. The van der Waals surface area contributed by atoms with Gasteiger partial charge in [-0.15, -0.1) is 0 Å². The average Bonchev–Trinajstić information content (AvgIpc) is 3.42. The van der Waals surface area contributed by atoms with Crippen molar-refractivity contribution in [3.05, 3.63) is 53.9 Å². The SMILES string of the molecule is Cn1cccc1C(=O)N1CCN(C(=O)NC2CCN(c3ccc(CCC(=O)C4CNCCO4)cc3)CC2)CC1. The molecule has 10 heteroatoms. The lowest BCUT2D eigenvalue weighted by Crippen LogP contribution is -2.55. The minimum Gasteiger partial charge on any atom is -0.371 e. The van der Waals surface area contributed by atoms with Crippen molar-refractivity contribution in [1.29, 1.82) is 0 Å². The molecule has 1 unspecified atom stereocenters. The van der Waals surface area contributed by atoms with Crippen LogP contribution in [-0.2, 0) is 23.0 Å². The molecule has 39 heavy (non-hydrogen) atoms. The van der Waals surface area contributed by atoms with Gasteiger partial charge in [0.2, 0.25) is 0 Å². The van der Waals surface area contributed by atoms with E-state index in [2.05, 4.69) is 39.8 Å². The van der Waals surface area contributed by atoms with Crippen LogP contribution in [0, 0.1) is 0 Å².